The summed E-state index contributed by atoms with van der Waals surface area (Å²) in [6.45, 7) is 1.74. The summed E-state index contributed by atoms with van der Waals surface area (Å²) in [6, 6.07) is 10.3. The molecule has 0 atom stereocenters. The molecule has 1 aromatic heterocycles. The normalized spacial score (nSPS) is 10.3. The Bertz CT molecular complexity index is 435. The number of para-hydroxylation sites is 1. The Morgan fingerprint density at radius 2 is 2.06 bits per heavy atom. The van der Waals surface area contributed by atoms with E-state index < -0.39 is 0 Å². The number of nitrogens with zero attached hydrogens (tertiary/aromatic N) is 3. The molecule has 0 saturated heterocycles. The van der Waals surface area contributed by atoms with E-state index in [0.717, 1.165) is 13.1 Å². The van der Waals surface area contributed by atoms with Crippen molar-refractivity contribution < 1.29 is 0 Å². The number of anilines is 2. The third-order valence-electron chi connectivity index (χ3n) is 2.51. The van der Waals surface area contributed by atoms with Gasteiger partial charge in [-0.15, -0.1) is 0 Å². The molecule has 2 N–H and O–H groups in total. The minimum Gasteiger partial charge on any atom is -0.396 e. The molecule has 4 nitrogen and oxygen atoms in total. The van der Waals surface area contributed by atoms with Gasteiger partial charge in [-0.3, -0.25) is 4.68 Å². The standard InChI is InChI=1S/C12H16N4/c1-15(12-5-3-2-4-6-12)7-8-16-10-11(13)9-14-16/h2-6,9-10H,7-8,13H2,1H3. The highest BCUT2D eigenvalue weighted by Crippen LogP contribution is 2.10. The molecular formula is C12H16N4. The van der Waals surface area contributed by atoms with Crippen molar-refractivity contribution >= 4 is 11.4 Å². The van der Waals surface area contributed by atoms with E-state index in [1.54, 1.807) is 6.20 Å². The van der Waals surface area contributed by atoms with Crippen molar-refractivity contribution in [1.82, 2.24) is 9.78 Å². The van der Waals surface area contributed by atoms with Crippen molar-refractivity contribution in [1.29, 1.82) is 0 Å². The van der Waals surface area contributed by atoms with Crippen molar-refractivity contribution in [2.45, 2.75) is 6.54 Å². The number of benzene rings is 1. The number of nitrogen functional groups attached to an aromatic ring is 1. The number of nitrogens with two attached hydrogens (primary N) is 1. The Morgan fingerprint density at radius 3 is 2.69 bits per heavy atom. The Hall–Kier alpha value is -1.97. The monoisotopic (exact) mass is 216 g/mol. The van der Waals surface area contributed by atoms with Crippen molar-refractivity contribution in [2.24, 2.45) is 0 Å². The smallest absolute Gasteiger partial charge is 0.0719 e. The minimum absolute atomic E-state index is 0.711. The van der Waals surface area contributed by atoms with Crippen LogP contribution in [0.15, 0.2) is 42.7 Å². The van der Waals surface area contributed by atoms with Gasteiger partial charge >= 0.3 is 0 Å². The molecule has 1 aromatic carbocycles. The van der Waals surface area contributed by atoms with Crippen LogP contribution in [0.1, 0.15) is 0 Å². The molecular weight excluding hydrogens is 200 g/mol. The molecule has 1 heterocycles. The zero-order valence-corrected chi connectivity index (χ0v) is 9.37. The molecule has 0 amide bonds. The van der Waals surface area contributed by atoms with Gasteiger partial charge in [-0.25, -0.2) is 0 Å². The maximum Gasteiger partial charge on any atom is 0.0719 e. The fourth-order valence-corrected chi connectivity index (χ4v) is 1.57. The Balaban J connectivity index is 1.91. The lowest BCUT2D eigenvalue weighted by Crippen LogP contribution is -2.22. The predicted molar refractivity (Wildman–Crippen MR) is 66.4 cm³/mol. The average Bonchev–Trinajstić information content (AvgIpc) is 2.73. The molecule has 2 aromatic rings. The molecule has 0 unspecified atom stereocenters. The summed E-state index contributed by atoms with van der Waals surface area (Å²) < 4.78 is 1.86. The van der Waals surface area contributed by atoms with Gasteiger partial charge in [0.25, 0.3) is 0 Å². The van der Waals surface area contributed by atoms with Crippen LogP contribution in [0.4, 0.5) is 11.4 Å². The highest BCUT2D eigenvalue weighted by atomic mass is 15.3. The Kier molecular flexibility index (Phi) is 3.10. The highest BCUT2D eigenvalue weighted by molar-refractivity contribution is 5.44. The van der Waals surface area contributed by atoms with E-state index in [-0.39, 0.29) is 0 Å². The average molecular weight is 216 g/mol. The van der Waals surface area contributed by atoms with E-state index in [1.807, 2.05) is 29.1 Å². The Labute approximate surface area is 95.3 Å². The third kappa shape index (κ3) is 2.53. The summed E-state index contributed by atoms with van der Waals surface area (Å²) in [7, 11) is 2.07. The first kappa shape index (κ1) is 10.5. The van der Waals surface area contributed by atoms with Crippen molar-refractivity contribution in [3.63, 3.8) is 0 Å². The van der Waals surface area contributed by atoms with E-state index in [0.29, 0.717) is 5.69 Å². The lowest BCUT2D eigenvalue weighted by molar-refractivity contribution is 0.612. The van der Waals surface area contributed by atoms with Crippen molar-refractivity contribution in [2.75, 3.05) is 24.2 Å². The first-order valence-corrected chi connectivity index (χ1v) is 5.30. The van der Waals surface area contributed by atoms with Gasteiger partial charge in [0.1, 0.15) is 0 Å². The van der Waals surface area contributed by atoms with Crippen LogP contribution >= 0.6 is 0 Å². The zero-order valence-electron chi connectivity index (χ0n) is 9.37. The van der Waals surface area contributed by atoms with Crippen LogP contribution < -0.4 is 10.6 Å². The number of aromatic nitrogens is 2. The quantitative estimate of drug-likeness (QED) is 0.844. The number of hydrogen-bond donors (Lipinski definition) is 1. The maximum absolute atomic E-state index is 5.60. The molecule has 16 heavy (non-hydrogen) atoms. The molecule has 0 fully saturated rings. The molecule has 4 heteroatoms. The number of rotatable bonds is 4. The van der Waals surface area contributed by atoms with Crippen LogP contribution in [0.25, 0.3) is 0 Å². The molecule has 0 saturated carbocycles. The summed E-state index contributed by atoms with van der Waals surface area (Å²) in [5, 5.41) is 4.15. The fraction of sp³-hybridized carbons (Fsp3) is 0.250. The summed E-state index contributed by atoms with van der Waals surface area (Å²) in [6.07, 6.45) is 3.52. The molecule has 0 radical (unpaired) electrons. The van der Waals surface area contributed by atoms with Gasteiger partial charge in [-0.05, 0) is 12.1 Å². The first-order valence-electron chi connectivity index (χ1n) is 5.30. The summed E-state index contributed by atoms with van der Waals surface area (Å²) in [5.74, 6) is 0. The van der Waals surface area contributed by atoms with Gasteiger partial charge in [0.2, 0.25) is 0 Å². The third-order valence-corrected chi connectivity index (χ3v) is 2.51. The molecule has 84 valence electrons. The predicted octanol–water partition coefficient (Wildman–Crippen LogP) is 1.60. The van der Waals surface area contributed by atoms with Crippen molar-refractivity contribution in [3.8, 4) is 0 Å². The fourth-order valence-electron chi connectivity index (χ4n) is 1.57. The second kappa shape index (κ2) is 4.70. The molecule has 0 aliphatic heterocycles. The van der Waals surface area contributed by atoms with Crippen molar-refractivity contribution in [3.05, 3.63) is 42.7 Å². The first-order chi connectivity index (χ1) is 7.75. The summed E-state index contributed by atoms with van der Waals surface area (Å²) in [4.78, 5) is 2.19. The van der Waals surface area contributed by atoms with E-state index in [4.69, 9.17) is 5.73 Å². The molecule has 2 rings (SSSR count). The van der Waals surface area contributed by atoms with Gasteiger partial charge in [-0.2, -0.15) is 5.10 Å². The van der Waals surface area contributed by atoms with Crippen LogP contribution in [0, 0.1) is 0 Å². The maximum atomic E-state index is 5.60. The molecule has 0 bridgehead atoms. The van der Waals surface area contributed by atoms with Gasteiger partial charge < -0.3 is 10.6 Å². The number of likely N-dealkylation sites (N-methyl/N-ethyl adjacent to an activating group) is 1. The summed E-state index contributed by atoms with van der Waals surface area (Å²) >= 11 is 0. The van der Waals surface area contributed by atoms with Gasteiger partial charge in [0, 0.05) is 25.5 Å². The second-order valence-corrected chi connectivity index (χ2v) is 3.79. The zero-order chi connectivity index (χ0) is 11.4. The van der Waals surface area contributed by atoms with Crippen LogP contribution in [-0.2, 0) is 6.54 Å². The van der Waals surface area contributed by atoms with E-state index in [9.17, 15) is 0 Å². The van der Waals surface area contributed by atoms with Gasteiger partial charge in [-0.1, -0.05) is 18.2 Å². The molecule has 0 aliphatic rings. The molecule has 0 spiro atoms. The lowest BCUT2D eigenvalue weighted by atomic mass is 10.3. The van der Waals surface area contributed by atoms with Crippen LogP contribution in [0.2, 0.25) is 0 Å². The van der Waals surface area contributed by atoms with Crippen LogP contribution in [-0.4, -0.2) is 23.4 Å². The lowest BCUT2D eigenvalue weighted by Gasteiger charge is -2.18. The summed E-state index contributed by atoms with van der Waals surface area (Å²) in [5.41, 5.74) is 7.52. The van der Waals surface area contributed by atoms with Gasteiger partial charge in [0.15, 0.2) is 0 Å². The van der Waals surface area contributed by atoms with E-state index in [2.05, 4.69) is 29.2 Å². The SMILES string of the molecule is CN(CCn1cc(N)cn1)c1ccccc1. The Morgan fingerprint density at radius 1 is 1.31 bits per heavy atom. The van der Waals surface area contributed by atoms with Gasteiger partial charge in [0.05, 0.1) is 18.4 Å². The number of hydrogen-bond acceptors (Lipinski definition) is 3. The van der Waals surface area contributed by atoms with Crippen LogP contribution in [0.5, 0.6) is 0 Å². The molecule has 0 aliphatic carbocycles. The highest BCUT2D eigenvalue weighted by Gasteiger charge is 2.00. The second-order valence-electron chi connectivity index (χ2n) is 3.79. The minimum atomic E-state index is 0.711. The topological polar surface area (TPSA) is 47.1 Å². The largest absolute Gasteiger partial charge is 0.396 e. The van der Waals surface area contributed by atoms with Crippen LogP contribution in [0.3, 0.4) is 0 Å². The van der Waals surface area contributed by atoms with E-state index >= 15 is 0 Å². The van der Waals surface area contributed by atoms with E-state index in [1.165, 1.54) is 5.69 Å².